The van der Waals surface area contributed by atoms with E-state index in [4.69, 9.17) is 21.7 Å². The number of nitrogens with zero attached hydrogens (tertiary/aromatic N) is 1. The fourth-order valence-corrected chi connectivity index (χ4v) is 1.31. The van der Waals surface area contributed by atoms with E-state index in [2.05, 4.69) is 0 Å². The van der Waals surface area contributed by atoms with Gasteiger partial charge in [0.2, 0.25) is 5.91 Å². The molecule has 0 bridgehead atoms. The molecule has 0 spiro atoms. The van der Waals surface area contributed by atoms with Crippen molar-refractivity contribution in [2.75, 3.05) is 27.7 Å². The molecule has 2 atom stereocenters. The summed E-state index contributed by atoms with van der Waals surface area (Å²) in [6.45, 7) is 0.425. The first-order chi connectivity index (χ1) is 9.35. The molecule has 0 aliphatic heterocycles. The maximum Gasteiger partial charge on any atom is 0.320 e. The van der Waals surface area contributed by atoms with Crippen molar-refractivity contribution >= 4 is 17.8 Å². The van der Waals surface area contributed by atoms with Gasteiger partial charge >= 0.3 is 5.97 Å². The van der Waals surface area contributed by atoms with E-state index in [1.807, 2.05) is 21.1 Å². The van der Waals surface area contributed by atoms with E-state index in [0.29, 0.717) is 11.0 Å². The highest BCUT2D eigenvalue weighted by Gasteiger charge is 2.15. The van der Waals surface area contributed by atoms with Gasteiger partial charge < -0.3 is 36.1 Å². The zero-order chi connectivity index (χ0) is 17.2. The van der Waals surface area contributed by atoms with Crippen LogP contribution in [0.25, 0.3) is 0 Å². The number of primary amides is 1. The van der Waals surface area contributed by atoms with Gasteiger partial charge in [0, 0.05) is 18.8 Å². The number of amides is 1. The molecule has 0 heterocycles. The highest BCUT2D eigenvalue weighted by atomic mass is 16.4. The van der Waals surface area contributed by atoms with Crippen LogP contribution in [0.1, 0.15) is 19.3 Å². The largest absolute Gasteiger partial charge is 0.550 e. The number of likely N-dealkylation sites (N-methyl/N-ethyl adjacent to an activating group) is 1. The minimum Gasteiger partial charge on any atom is -0.550 e. The fraction of sp³-hybridized carbons (Fsp3) is 0.750. The first kappa shape index (κ1) is 21.6. The number of carboxylic acids is 2. The van der Waals surface area contributed by atoms with Gasteiger partial charge in [-0.15, -0.1) is 0 Å². The van der Waals surface area contributed by atoms with Gasteiger partial charge in [-0.05, 0) is 6.42 Å². The van der Waals surface area contributed by atoms with Crippen molar-refractivity contribution in [3.63, 3.8) is 0 Å². The van der Waals surface area contributed by atoms with Crippen LogP contribution in [0.4, 0.5) is 0 Å². The van der Waals surface area contributed by atoms with Crippen LogP contribution in [0, 0.1) is 0 Å². The van der Waals surface area contributed by atoms with Crippen molar-refractivity contribution in [1.82, 2.24) is 0 Å². The molecular weight excluding hydrogens is 282 g/mol. The molecule has 0 aromatic heterocycles. The monoisotopic (exact) mass is 307 g/mol. The van der Waals surface area contributed by atoms with Gasteiger partial charge in [0.15, 0.2) is 0 Å². The Morgan fingerprint density at radius 3 is 2.00 bits per heavy atom. The molecule has 9 nitrogen and oxygen atoms in total. The first-order valence-electron chi connectivity index (χ1n) is 6.30. The lowest BCUT2D eigenvalue weighted by Crippen LogP contribution is -2.43. The number of carbonyl (C=O) groups is 3. The molecule has 0 aromatic rings. The molecule has 0 aliphatic carbocycles. The molecule has 9 heteroatoms. The van der Waals surface area contributed by atoms with Crippen LogP contribution in [0.15, 0.2) is 0 Å². The highest BCUT2D eigenvalue weighted by molar-refractivity contribution is 5.76. The third-order valence-corrected chi connectivity index (χ3v) is 2.18. The standard InChI is InChI=1S/C7H15NO3.C5H10N2O3/c1-8(2,3)5-6(9)4-7(10)11;6-3(5(9)10)1-2-4(7)8/h6,9H,4-5H2,1-3H3;3H,1-2,6H2,(H2,7,8)(H,9,10)/t;3-/m.0/s1. The molecule has 1 amide bonds. The molecule has 1 unspecified atom stereocenters. The van der Waals surface area contributed by atoms with Crippen molar-refractivity contribution in [3.05, 3.63) is 0 Å². The first-order valence-corrected chi connectivity index (χ1v) is 6.30. The van der Waals surface area contributed by atoms with Crippen LogP contribution < -0.4 is 16.6 Å². The minimum atomic E-state index is -1.20. The van der Waals surface area contributed by atoms with E-state index in [1.54, 1.807) is 0 Å². The Balaban J connectivity index is 0. The average molecular weight is 307 g/mol. The van der Waals surface area contributed by atoms with E-state index >= 15 is 0 Å². The van der Waals surface area contributed by atoms with Gasteiger partial charge in [-0.25, -0.2) is 0 Å². The number of aliphatic hydroxyl groups is 1. The van der Waals surface area contributed by atoms with E-state index in [1.165, 1.54) is 0 Å². The summed E-state index contributed by atoms with van der Waals surface area (Å²) in [7, 11) is 5.66. The maximum atomic E-state index is 10.1. The lowest BCUT2D eigenvalue weighted by Gasteiger charge is -2.26. The van der Waals surface area contributed by atoms with Crippen LogP contribution >= 0.6 is 0 Å². The zero-order valence-electron chi connectivity index (χ0n) is 12.6. The second kappa shape index (κ2) is 10.1. The number of hydrogen-bond donors (Lipinski definition) is 4. The Bertz CT molecular complexity index is 353. The van der Waals surface area contributed by atoms with Crippen LogP contribution in [0.5, 0.6) is 0 Å². The molecule has 21 heavy (non-hydrogen) atoms. The lowest BCUT2D eigenvalue weighted by atomic mass is 10.2. The predicted molar refractivity (Wildman–Crippen MR) is 72.6 cm³/mol. The summed E-state index contributed by atoms with van der Waals surface area (Å²) in [6.07, 6.45) is -0.965. The summed E-state index contributed by atoms with van der Waals surface area (Å²) in [5.41, 5.74) is 9.81. The molecule has 0 radical (unpaired) electrons. The maximum absolute atomic E-state index is 10.1. The van der Waals surface area contributed by atoms with Crippen LogP contribution in [0.2, 0.25) is 0 Å². The van der Waals surface area contributed by atoms with Gasteiger partial charge in [-0.3, -0.25) is 9.59 Å². The normalized spacial score (nSPS) is 13.6. The third kappa shape index (κ3) is 18.3. The fourth-order valence-electron chi connectivity index (χ4n) is 1.31. The number of nitrogens with two attached hydrogens (primary N) is 2. The quantitative estimate of drug-likeness (QED) is 0.343. The smallest absolute Gasteiger partial charge is 0.320 e. The molecule has 0 saturated heterocycles. The van der Waals surface area contributed by atoms with Crippen molar-refractivity contribution in [1.29, 1.82) is 0 Å². The third-order valence-electron chi connectivity index (χ3n) is 2.18. The predicted octanol–water partition coefficient (Wildman–Crippen LogP) is -3.14. The average Bonchev–Trinajstić information content (AvgIpc) is 2.22. The number of rotatable bonds is 8. The van der Waals surface area contributed by atoms with Crippen LogP contribution in [0.3, 0.4) is 0 Å². The SMILES string of the molecule is C[N+](C)(C)CC(O)CC(=O)[O-].NC(=O)CC[C@H](N)C(=O)O. The topological polar surface area (TPSA) is 167 Å². The van der Waals surface area contributed by atoms with Crippen molar-refractivity contribution in [3.8, 4) is 0 Å². The number of aliphatic hydroxyl groups excluding tert-OH is 1. The van der Waals surface area contributed by atoms with E-state index in [0.717, 1.165) is 0 Å². The number of aliphatic carboxylic acids is 2. The second-order valence-corrected chi connectivity index (χ2v) is 5.65. The van der Waals surface area contributed by atoms with E-state index < -0.39 is 30.0 Å². The summed E-state index contributed by atoms with van der Waals surface area (Å²) in [4.78, 5) is 30.2. The van der Waals surface area contributed by atoms with Crippen molar-refractivity contribution in [2.24, 2.45) is 11.5 Å². The minimum absolute atomic E-state index is 0.0213. The number of quaternary nitrogens is 1. The van der Waals surface area contributed by atoms with Gasteiger partial charge in [0.05, 0.1) is 21.1 Å². The highest BCUT2D eigenvalue weighted by Crippen LogP contribution is 1.97. The van der Waals surface area contributed by atoms with Crippen LogP contribution in [-0.2, 0) is 14.4 Å². The Kier molecular flexibility index (Phi) is 10.4. The van der Waals surface area contributed by atoms with Gasteiger partial charge in [-0.1, -0.05) is 0 Å². The Labute approximate surface area is 123 Å². The molecule has 0 aromatic carbocycles. The van der Waals surface area contributed by atoms with E-state index in [-0.39, 0.29) is 19.3 Å². The lowest BCUT2D eigenvalue weighted by molar-refractivity contribution is -0.873. The van der Waals surface area contributed by atoms with Gasteiger partial charge in [0.25, 0.3) is 0 Å². The second-order valence-electron chi connectivity index (χ2n) is 5.65. The number of carbonyl (C=O) groups excluding carboxylic acids is 2. The van der Waals surface area contributed by atoms with Gasteiger partial charge in [-0.2, -0.15) is 0 Å². The summed E-state index contributed by atoms with van der Waals surface area (Å²) >= 11 is 0. The summed E-state index contributed by atoms with van der Waals surface area (Å²) < 4.78 is 0.550. The Morgan fingerprint density at radius 2 is 1.71 bits per heavy atom. The Hall–Kier alpha value is -1.71. The number of hydrogen-bond acceptors (Lipinski definition) is 6. The van der Waals surface area contributed by atoms with Crippen molar-refractivity contribution in [2.45, 2.75) is 31.4 Å². The van der Waals surface area contributed by atoms with Crippen LogP contribution in [-0.4, -0.2) is 72.4 Å². The van der Waals surface area contributed by atoms with Gasteiger partial charge in [0.1, 0.15) is 18.7 Å². The zero-order valence-corrected chi connectivity index (χ0v) is 12.6. The molecule has 124 valence electrons. The number of carboxylic acid groups (broad SMARTS) is 2. The molecule has 0 fully saturated rings. The van der Waals surface area contributed by atoms with Crippen molar-refractivity contribution < 1.29 is 34.2 Å². The summed E-state index contributed by atoms with van der Waals surface area (Å²) in [6, 6.07) is -0.979. The molecule has 0 rings (SSSR count). The molecule has 0 saturated carbocycles. The molecular formula is C12H25N3O6. The molecule has 0 aliphatic rings. The Morgan fingerprint density at radius 1 is 1.24 bits per heavy atom. The summed E-state index contributed by atoms with van der Waals surface area (Å²) in [5, 5.41) is 27.4. The molecule has 6 N–H and O–H groups in total. The van der Waals surface area contributed by atoms with E-state index in [9.17, 15) is 19.5 Å². The summed E-state index contributed by atoms with van der Waals surface area (Å²) in [5.74, 6) is -2.84.